The summed E-state index contributed by atoms with van der Waals surface area (Å²) in [6, 6.07) is 15.3. The average molecular weight is 333 g/mol. The highest BCUT2D eigenvalue weighted by Crippen LogP contribution is 2.19. The first-order valence-corrected chi connectivity index (χ1v) is 8.43. The number of hydrogen-bond acceptors (Lipinski definition) is 2. The first-order chi connectivity index (χ1) is 12.1. The van der Waals surface area contributed by atoms with E-state index >= 15 is 0 Å². The molecule has 4 rings (SSSR count). The molecule has 2 aromatic carbocycles. The van der Waals surface area contributed by atoms with E-state index in [0.717, 1.165) is 23.9 Å². The zero-order valence-corrected chi connectivity index (χ0v) is 14.2. The lowest BCUT2D eigenvalue weighted by Gasteiger charge is -2.03. The predicted octanol–water partition coefficient (Wildman–Crippen LogP) is 3.12. The van der Waals surface area contributed by atoms with Crippen molar-refractivity contribution in [3.05, 3.63) is 74.8 Å². The lowest BCUT2D eigenvalue weighted by atomic mass is 10.1. The van der Waals surface area contributed by atoms with Gasteiger partial charge in [0, 0.05) is 17.8 Å². The Morgan fingerprint density at radius 2 is 1.60 bits per heavy atom. The van der Waals surface area contributed by atoms with E-state index in [-0.39, 0.29) is 11.1 Å². The van der Waals surface area contributed by atoms with E-state index in [9.17, 15) is 9.59 Å². The largest absolute Gasteiger partial charge is 0.305 e. The van der Waals surface area contributed by atoms with Crippen molar-refractivity contribution in [3.63, 3.8) is 0 Å². The standard InChI is InChI=1S/C20H19N3O2/c1-3-6-13-9-11-14(12-10-13)23-20(25)18-17(21-23)15-7-4-5-8-16(15)19(24)22(18)2/h4-5,7-12,21H,3,6H2,1-2H3. The summed E-state index contributed by atoms with van der Waals surface area (Å²) in [6.45, 7) is 2.14. The Labute approximate surface area is 144 Å². The first kappa shape index (κ1) is 15.4. The Morgan fingerprint density at radius 1 is 0.920 bits per heavy atom. The minimum atomic E-state index is -0.219. The number of nitrogens with one attached hydrogen (secondary N) is 1. The quantitative estimate of drug-likeness (QED) is 0.626. The summed E-state index contributed by atoms with van der Waals surface area (Å²) in [4.78, 5) is 25.5. The van der Waals surface area contributed by atoms with Crippen LogP contribution in [0.15, 0.2) is 58.1 Å². The fraction of sp³-hybridized carbons (Fsp3) is 0.200. The van der Waals surface area contributed by atoms with E-state index in [4.69, 9.17) is 0 Å². The Hall–Kier alpha value is -3.08. The van der Waals surface area contributed by atoms with Crippen LogP contribution in [-0.4, -0.2) is 14.3 Å². The number of fused-ring (bicyclic) bond motifs is 3. The third-order valence-electron chi connectivity index (χ3n) is 4.67. The molecule has 0 spiro atoms. The van der Waals surface area contributed by atoms with E-state index in [0.29, 0.717) is 16.4 Å². The highest BCUT2D eigenvalue weighted by atomic mass is 16.1. The highest BCUT2D eigenvalue weighted by molar-refractivity contribution is 6.03. The van der Waals surface area contributed by atoms with Gasteiger partial charge in [-0.25, -0.2) is 4.68 Å². The van der Waals surface area contributed by atoms with E-state index in [1.807, 2.05) is 42.5 Å². The number of nitrogens with zero attached hydrogens (tertiary/aromatic N) is 2. The molecule has 0 aliphatic carbocycles. The molecule has 0 atom stereocenters. The maximum atomic E-state index is 12.9. The van der Waals surface area contributed by atoms with Gasteiger partial charge >= 0.3 is 0 Å². The van der Waals surface area contributed by atoms with E-state index in [1.165, 1.54) is 14.8 Å². The first-order valence-electron chi connectivity index (χ1n) is 8.43. The second-order valence-corrected chi connectivity index (χ2v) is 6.30. The molecule has 25 heavy (non-hydrogen) atoms. The monoisotopic (exact) mass is 333 g/mol. The summed E-state index contributed by atoms with van der Waals surface area (Å²) in [5.41, 5.74) is 2.70. The van der Waals surface area contributed by atoms with Crippen molar-refractivity contribution in [3.8, 4) is 5.69 Å². The van der Waals surface area contributed by atoms with Crippen molar-refractivity contribution in [1.82, 2.24) is 14.3 Å². The molecular weight excluding hydrogens is 314 g/mol. The topological polar surface area (TPSA) is 59.8 Å². The maximum Gasteiger partial charge on any atom is 0.295 e. The summed E-state index contributed by atoms with van der Waals surface area (Å²) < 4.78 is 2.94. The molecule has 0 saturated carbocycles. The fourth-order valence-corrected chi connectivity index (χ4v) is 3.38. The molecule has 2 heterocycles. The van der Waals surface area contributed by atoms with Gasteiger partial charge in [-0.15, -0.1) is 0 Å². The molecule has 0 unspecified atom stereocenters. The van der Waals surface area contributed by atoms with Crippen LogP contribution in [0.1, 0.15) is 18.9 Å². The molecule has 5 heteroatoms. The van der Waals surface area contributed by atoms with Crippen LogP contribution in [0, 0.1) is 0 Å². The Balaban J connectivity index is 2.02. The van der Waals surface area contributed by atoms with Gasteiger partial charge < -0.3 is 4.57 Å². The molecule has 0 bridgehead atoms. The lowest BCUT2D eigenvalue weighted by molar-refractivity contribution is 0.852. The van der Waals surface area contributed by atoms with Crippen molar-refractivity contribution in [1.29, 1.82) is 0 Å². The van der Waals surface area contributed by atoms with Crippen LogP contribution < -0.4 is 11.1 Å². The maximum absolute atomic E-state index is 12.9. The van der Waals surface area contributed by atoms with Crippen molar-refractivity contribution in [2.75, 3.05) is 0 Å². The van der Waals surface area contributed by atoms with Crippen LogP contribution in [-0.2, 0) is 13.5 Å². The number of aromatic amines is 1. The zero-order chi connectivity index (χ0) is 17.6. The molecule has 1 N–H and O–H groups in total. The number of rotatable bonds is 3. The van der Waals surface area contributed by atoms with E-state index in [2.05, 4.69) is 12.0 Å². The summed E-state index contributed by atoms with van der Waals surface area (Å²) >= 11 is 0. The van der Waals surface area contributed by atoms with Gasteiger partial charge in [0.2, 0.25) is 0 Å². The van der Waals surface area contributed by atoms with Crippen molar-refractivity contribution >= 4 is 21.8 Å². The van der Waals surface area contributed by atoms with Crippen LogP contribution >= 0.6 is 0 Å². The van der Waals surface area contributed by atoms with Crippen LogP contribution in [0.2, 0.25) is 0 Å². The minimum Gasteiger partial charge on any atom is -0.305 e. The summed E-state index contributed by atoms with van der Waals surface area (Å²) in [5.74, 6) is 0. The van der Waals surface area contributed by atoms with Gasteiger partial charge in [0.15, 0.2) is 0 Å². The number of hydrogen-bond donors (Lipinski definition) is 1. The molecular formula is C20H19N3O2. The summed E-state index contributed by atoms with van der Waals surface area (Å²) in [5, 5.41) is 4.55. The third kappa shape index (κ3) is 2.31. The zero-order valence-electron chi connectivity index (χ0n) is 14.2. The van der Waals surface area contributed by atoms with Crippen LogP contribution in [0.4, 0.5) is 0 Å². The Bertz CT molecular complexity index is 1190. The van der Waals surface area contributed by atoms with Gasteiger partial charge in [0.25, 0.3) is 11.1 Å². The van der Waals surface area contributed by atoms with Crippen molar-refractivity contribution < 1.29 is 0 Å². The molecule has 0 radical (unpaired) electrons. The second-order valence-electron chi connectivity index (χ2n) is 6.30. The van der Waals surface area contributed by atoms with Gasteiger partial charge in [0.05, 0.1) is 11.2 Å². The Kier molecular flexibility index (Phi) is 3.57. The SMILES string of the molecule is CCCc1ccc(-n2[nH]c3c4ccccc4c(=O)n(C)c3c2=O)cc1. The summed E-state index contributed by atoms with van der Waals surface area (Å²) in [7, 11) is 1.64. The molecule has 5 nitrogen and oxygen atoms in total. The fourth-order valence-electron chi connectivity index (χ4n) is 3.38. The molecule has 0 saturated heterocycles. The van der Waals surface area contributed by atoms with Crippen LogP contribution in [0.5, 0.6) is 0 Å². The molecule has 2 aromatic heterocycles. The molecule has 126 valence electrons. The van der Waals surface area contributed by atoms with Crippen molar-refractivity contribution in [2.45, 2.75) is 19.8 Å². The number of pyridine rings is 1. The molecule has 0 amide bonds. The molecule has 0 aliphatic rings. The minimum absolute atomic E-state index is 0.162. The van der Waals surface area contributed by atoms with Gasteiger partial charge in [-0.3, -0.25) is 14.7 Å². The van der Waals surface area contributed by atoms with Crippen molar-refractivity contribution in [2.24, 2.45) is 7.05 Å². The third-order valence-corrected chi connectivity index (χ3v) is 4.67. The Morgan fingerprint density at radius 3 is 2.28 bits per heavy atom. The normalized spacial score (nSPS) is 11.4. The smallest absolute Gasteiger partial charge is 0.295 e. The number of aromatic nitrogens is 3. The van der Waals surface area contributed by atoms with Crippen LogP contribution in [0.25, 0.3) is 27.5 Å². The predicted molar refractivity (Wildman–Crippen MR) is 101 cm³/mol. The molecule has 0 aliphatic heterocycles. The van der Waals surface area contributed by atoms with Gasteiger partial charge in [-0.05, 0) is 30.2 Å². The average Bonchev–Trinajstić information content (AvgIpc) is 2.98. The van der Waals surface area contributed by atoms with Gasteiger partial charge in [-0.1, -0.05) is 43.7 Å². The summed E-state index contributed by atoms with van der Waals surface area (Å²) in [6.07, 6.45) is 2.10. The lowest BCUT2D eigenvalue weighted by Crippen LogP contribution is -2.22. The molecule has 0 fully saturated rings. The second kappa shape index (κ2) is 5.77. The highest BCUT2D eigenvalue weighted by Gasteiger charge is 2.16. The van der Waals surface area contributed by atoms with E-state index < -0.39 is 0 Å². The van der Waals surface area contributed by atoms with Crippen LogP contribution in [0.3, 0.4) is 0 Å². The molecule has 4 aromatic rings. The number of benzene rings is 2. The van der Waals surface area contributed by atoms with Gasteiger partial charge in [0.1, 0.15) is 5.52 Å². The van der Waals surface area contributed by atoms with Gasteiger partial charge in [-0.2, -0.15) is 0 Å². The number of aryl methyl sites for hydroxylation is 2. The number of H-pyrrole nitrogens is 1. The van der Waals surface area contributed by atoms with E-state index in [1.54, 1.807) is 13.1 Å².